The third-order valence-corrected chi connectivity index (χ3v) is 6.76. The molecular weight excluding hydrogens is 430 g/mol. The fraction of sp³-hybridized carbons (Fsp3) is 0.435. The quantitative estimate of drug-likeness (QED) is 0.596. The Kier molecular flexibility index (Phi) is 8.25. The van der Waals surface area contributed by atoms with Gasteiger partial charge in [0.25, 0.3) is 0 Å². The minimum Gasteiger partial charge on any atom is -0.497 e. The van der Waals surface area contributed by atoms with E-state index >= 15 is 0 Å². The molecule has 1 aliphatic heterocycles. The number of ether oxygens (including phenoxy) is 2. The number of carbonyl (C=O) groups is 1. The zero-order valence-electron chi connectivity index (χ0n) is 18.7. The highest BCUT2D eigenvalue weighted by atomic mass is 32.2. The highest BCUT2D eigenvalue weighted by Crippen LogP contribution is 2.18. The van der Waals surface area contributed by atoms with E-state index in [1.807, 2.05) is 18.2 Å². The van der Waals surface area contributed by atoms with E-state index < -0.39 is 22.0 Å². The van der Waals surface area contributed by atoms with Crippen molar-refractivity contribution in [2.45, 2.75) is 31.3 Å². The van der Waals surface area contributed by atoms with Gasteiger partial charge >= 0.3 is 0 Å². The lowest BCUT2D eigenvalue weighted by Crippen LogP contribution is -2.47. The maximum absolute atomic E-state index is 13.0. The first-order valence-corrected chi connectivity index (χ1v) is 12.1. The number of nitrogens with one attached hydrogen (secondary N) is 2. The molecule has 1 atom stereocenters. The minimum atomic E-state index is -3.88. The first-order valence-electron chi connectivity index (χ1n) is 10.6. The molecule has 0 spiro atoms. The topological polar surface area (TPSA) is 97.0 Å². The second-order valence-electron chi connectivity index (χ2n) is 8.10. The van der Waals surface area contributed by atoms with Crippen molar-refractivity contribution in [2.75, 3.05) is 38.7 Å². The van der Waals surface area contributed by atoms with Gasteiger partial charge in [0.2, 0.25) is 15.9 Å². The van der Waals surface area contributed by atoms with Crippen LogP contribution in [0.15, 0.2) is 53.4 Å². The van der Waals surface area contributed by atoms with Gasteiger partial charge in [-0.1, -0.05) is 26.0 Å². The Labute approximate surface area is 190 Å². The smallest absolute Gasteiger partial charge is 0.242 e. The van der Waals surface area contributed by atoms with E-state index in [9.17, 15) is 13.2 Å². The average molecular weight is 462 g/mol. The molecule has 9 heteroatoms. The van der Waals surface area contributed by atoms with Gasteiger partial charge < -0.3 is 14.8 Å². The number of hydrogen-bond donors (Lipinski definition) is 2. The molecule has 8 nitrogen and oxygen atoms in total. The van der Waals surface area contributed by atoms with Crippen molar-refractivity contribution in [3.8, 4) is 5.75 Å². The molecule has 1 amide bonds. The second kappa shape index (κ2) is 10.9. The van der Waals surface area contributed by atoms with E-state index in [-0.39, 0.29) is 10.8 Å². The van der Waals surface area contributed by atoms with Crippen LogP contribution < -0.4 is 14.8 Å². The third-order valence-electron chi connectivity index (χ3n) is 5.31. The van der Waals surface area contributed by atoms with Crippen molar-refractivity contribution in [3.63, 3.8) is 0 Å². The lowest BCUT2D eigenvalue weighted by Gasteiger charge is -2.26. The molecular formula is C23H31N3O5S. The summed E-state index contributed by atoms with van der Waals surface area (Å²) in [6.45, 7) is 7.57. The standard InChI is InChI=1S/C23H31N3O5S/c1-17(2)22(25-32(28,29)21-9-7-20(30-3)8-10-21)23(27)24-19-6-4-5-18(15-19)16-26-11-13-31-14-12-26/h4-10,15,17,22,25H,11-14,16H2,1-3H3,(H,24,27)/t22-/m0/s1. The summed E-state index contributed by atoms with van der Waals surface area (Å²) in [5, 5.41) is 2.86. The second-order valence-corrected chi connectivity index (χ2v) is 9.81. The van der Waals surface area contributed by atoms with Crippen LogP contribution in [0, 0.1) is 5.92 Å². The molecule has 0 aromatic heterocycles. The van der Waals surface area contributed by atoms with Gasteiger partial charge in [-0.3, -0.25) is 9.69 Å². The van der Waals surface area contributed by atoms with Crippen molar-refractivity contribution < 1.29 is 22.7 Å². The fourth-order valence-electron chi connectivity index (χ4n) is 3.47. The van der Waals surface area contributed by atoms with Gasteiger partial charge in [0, 0.05) is 25.3 Å². The van der Waals surface area contributed by atoms with E-state index in [2.05, 4.69) is 14.9 Å². The highest BCUT2D eigenvalue weighted by Gasteiger charge is 2.28. The first-order chi connectivity index (χ1) is 15.3. The minimum absolute atomic E-state index is 0.0734. The Morgan fingerprint density at radius 3 is 2.44 bits per heavy atom. The zero-order chi connectivity index (χ0) is 23.1. The van der Waals surface area contributed by atoms with Crippen molar-refractivity contribution in [1.29, 1.82) is 0 Å². The largest absolute Gasteiger partial charge is 0.497 e. The summed E-state index contributed by atoms with van der Waals surface area (Å²) in [5.41, 5.74) is 1.71. The summed E-state index contributed by atoms with van der Waals surface area (Å²) in [5.74, 6) is -0.0979. The Balaban J connectivity index is 1.69. The van der Waals surface area contributed by atoms with E-state index in [0.717, 1.165) is 38.4 Å². The Hall–Kier alpha value is -2.46. The number of morpholine rings is 1. The van der Waals surface area contributed by atoms with Gasteiger partial charge in [-0.25, -0.2) is 8.42 Å². The maximum atomic E-state index is 13.0. The number of anilines is 1. The lowest BCUT2D eigenvalue weighted by molar-refractivity contribution is -0.118. The summed E-state index contributed by atoms with van der Waals surface area (Å²) in [6, 6.07) is 12.7. The van der Waals surface area contributed by atoms with Crippen LogP contribution in [0.3, 0.4) is 0 Å². The predicted octanol–water partition coefficient (Wildman–Crippen LogP) is 2.47. The molecule has 2 aromatic rings. The molecule has 1 aliphatic rings. The van der Waals surface area contributed by atoms with Crippen molar-refractivity contribution in [1.82, 2.24) is 9.62 Å². The number of nitrogens with zero attached hydrogens (tertiary/aromatic N) is 1. The molecule has 3 rings (SSSR count). The van der Waals surface area contributed by atoms with Crippen LogP contribution in [0.2, 0.25) is 0 Å². The third kappa shape index (κ3) is 6.52. The summed E-state index contributed by atoms with van der Waals surface area (Å²) < 4.78 is 38.7. The Morgan fingerprint density at radius 1 is 1.12 bits per heavy atom. The van der Waals surface area contributed by atoms with Crippen LogP contribution >= 0.6 is 0 Å². The van der Waals surface area contributed by atoms with Gasteiger partial charge in [0.15, 0.2) is 0 Å². The number of hydrogen-bond acceptors (Lipinski definition) is 6. The lowest BCUT2D eigenvalue weighted by atomic mass is 10.0. The molecule has 2 aromatic carbocycles. The average Bonchev–Trinajstić information content (AvgIpc) is 2.78. The van der Waals surface area contributed by atoms with Crippen LogP contribution in [0.25, 0.3) is 0 Å². The first kappa shape index (κ1) is 24.2. The number of sulfonamides is 1. The molecule has 0 unspecified atom stereocenters. The molecule has 32 heavy (non-hydrogen) atoms. The van der Waals surface area contributed by atoms with Gasteiger partial charge in [0.05, 0.1) is 25.2 Å². The van der Waals surface area contributed by atoms with Gasteiger partial charge in [-0.05, 0) is 47.9 Å². The normalized spacial score (nSPS) is 16.0. The predicted molar refractivity (Wildman–Crippen MR) is 123 cm³/mol. The monoisotopic (exact) mass is 461 g/mol. The van der Waals surface area contributed by atoms with Gasteiger partial charge in [-0.2, -0.15) is 4.72 Å². The summed E-state index contributed by atoms with van der Waals surface area (Å²) in [7, 11) is -2.37. The van der Waals surface area contributed by atoms with Crippen LogP contribution in [0.4, 0.5) is 5.69 Å². The van der Waals surface area contributed by atoms with Gasteiger partial charge in [-0.15, -0.1) is 0 Å². The van der Waals surface area contributed by atoms with E-state index in [4.69, 9.17) is 9.47 Å². The Morgan fingerprint density at radius 2 is 1.81 bits per heavy atom. The van der Waals surface area contributed by atoms with E-state index in [1.165, 1.54) is 19.2 Å². The van der Waals surface area contributed by atoms with Crippen molar-refractivity contribution in [3.05, 3.63) is 54.1 Å². The molecule has 0 bridgehead atoms. The number of amides is 1. The van der Waals surface area contributed by atoms with Crippen LogP contribution in [-0.4, -0.2) is 58.7 Å². The molecule has 0 aliphatic carbocycles. The zero-order valence-corrected chi connectivity index (χ0v) is 19.5. The number of benzene rings is 2. The summed E-state index contributed by atoms with van der Waals surface area (Å²) >= 11 is 0. The van der Waals surface area contributed by atoms with E-state index in [1.54, 1.807) is 32.0 Å². The number of rotatable bonds is 9. The summed E-state index contributed by atoms with van der Waals surface area (Å²) in [6.07, 6.45) is 0. The maximum Gasteiger partial charge on any atom is 0.242 e. The SMILES string of the molecule is COc1ccc(S(=O)(=O)N[C@H](C(=O)Nc2cccc(CN3CCOCC3)c2)C(C)C)cc1. The highest BCUT2D eigenvalue weighted by molar-refractivity contribution is 7.89. The van der Waals surface area contributed by atoms with Crippen LogP contribution in [0.5, 0.6) is 5.75 Å². The Bertz CT molecular complexity index is 1000. The van der Waals surface area contributed by atoms with Crippen LogP contribution in [-0.2, 0) is 26.1 Å². The summed E-state index contributed by atoms with van der Waals surface area (Å²) in [4.78, 5) is 15.3. The van der Waals surface area contributed by atoms with Crippen LogP contribution in [0.1, 0.15) is 19.4 Å². The molecule has 0 radical (unpaired) electrons. The van der Waals surface area contributed by atoms with E-state index in [0.29, 0.717) is 11.4 Å². The fourth-order valence-corrected chi connectivity index (χ4v) is 4.81. The number of carbonyl (C=O) groups excluding carboxylic acids is 1. The van der Waals surface area contributed by atoms with Gasteiger partial charge in [0.1, 0.15) is 11.8 Å². The van der Waals surface area contributed by atoms with Crippen molar-refractivity contribution in [2.24, 2.45) is 5.92 Å². The molecule has 1 saturated heterocycles. The molecule has 1 fully saturated rings. The molecule has 0 saturated carbocycles. The molecule has 174 valence electrons. The number of methoxy groups -OCH3 is 1. The molecule has 1 heterocycles. The van der Waals surface area contributed by atoms with Crippen molar-refractivity contribution >= 4 is 21.6 Å². The molecule has 2 N–H and O–H groups in total.